The summed E-state index contributed by atoms with van der Waals surface area (Å²) in [6.07, 6.45) is 3.96. The Morgan fingerprint density at radius 2 is 1.75 bits per heavy atom. The molecular weight excluding hydrogens is 384 g/mol. The first-order valence-corrected chi connectivity index (χ1v) is 10.6. The molecule has 1 saturated heterocycles. The lowest BCUT2D eigenvalue weighted by Gasteiger charge is -2.30. The molecule has 9 nitrogen and oxygen atoms in total. The maximum Gasteiger partial charge on any atom is 0.325 e. The molecule has 0 aromatic heterocycles. The van der Waals surface area contributed by atoms with Crippen LogP contribution < -0.4 is 10.6 Å². The van der Waals surface area contributed by atoms with Gasteiger partial charge in [0.05, 0.1) is 4.90 Å². The molecule has 0 unspecified atom stereocenters. The van der Waals surface area contributed by atoms with Gasteiger partial charge in [0.25, 0.3) is 5.91 Å². The number of carbonyl (C=O) groups excluding carboxylic acids is 3. The second-order valence-corrected chi connectivity index (χ2v) is 9.48. The molecule has 2 aliphatic rings. The van der Waals surface area contributed by atoms with E-state index in [0.29, 0.717) is 18.5 Å². The Morgan fingerprint density at radius 1 is 1.14 bits per heavy atom. The van der Waals surface area contributed by atoms with Crippen molar-refractivity contribution < 1.29 is 22.8 Å². The van der Waals surface area contributed by atoms with E-state index in [1.165, 1.54) is 38.4 Å². The van der Waals surface area contributed by atoms with Crippen molar-refractivity contribution in [1.82, 2.24) is 14.5 Å². The quantitative estimate of drug-likeness (QED) is 0.709. The van der Waals surface area contributed by atoms with Gasteiger partial charge in [-0.1, -0.05) is 19.3 Å². The number of sulfonamides is 1. The van der Waals surface area contributed by atoms with Crippen LogP contribution in [-0.2, 0) is 19.6 Å². The van der Waals surface area contributed by atoms with Crippen LogP contribution in [0.2, 0.25) is 0 Å². The van der Waals surface area contributed by atoms with E-state index in [0.717, 1.165) is 28.5 Å². The third-order valence-electron chi connectivity index (χ3n) is 5.17. The molecule has 4 amide bonds. The third kappa shape index (κ3) is 3.74. The van der Waals surface area contributed by atoms with Crippen molar-refractivity contribution in [2.75, 3.05) is 26.0 Å². The molecule has 1 aromatic rings. The van der Waals surface area contributed by atoms with Gasteiger partial charge in [-0.25, -0.2) is 17.5 Å². The van der Waals surface area contributed by atoms with Crippen molar-refractivity contribution in [2.24, 2.45) is 0 Å². The van der Waals surface area contributed by atoms with Crippen LogP contribution in [0.4, 0.5) is 10.5 Å². The molecule has 1 aliphatic heterocycles. The predicted octanol–water partition coefficient (Wildman–Crippen LogP) is 1.13. The van der Waals surface area contributed by atoms with Gasteiger partial charge < -0.3 is 10.6 Å². The summed E-state index contributed by atoms with van der Waals surface area (Å²) < 4.78 is 25.2. The van der Waals surface area contributed by atoms with Gasteiger partial charge in [0.1, 0.15) is 12.1 Å². The van der Waals surface area contributed by atoms with E-state index in [4.69, 9.17) is 0 Å². The number of nitrogens with zero attached hydrogens (tertiary/aromatic N) is 2. The lowest BCUT2D eigenvalue weighted by atomic mass is 9.82. The number of nitrogens with one attached hydrogen (secondary N) is 2. The third-order valence-corrected chi connectivity index (χ3v) is 7.00. The Bertz CT molecular complexity index is 889. The molecule has 0 atom stereocenters. The van der Waals surface area contributed by atoms with E-state index in [1.54, 1.807) is 0 Å². The first-order valence-electron chi connectivity index (χ1n) is 9.12. The molecule has 1 aliphatic carbocycles. The summed E-state index contributed by atoms with van der Waals surface area (Å²) in [5.74, 6) is -0.876. The average Bonchev–Trinajstić information content (AvgIpc) is 2.86. The Balaban J connectivity index is 1.64. The minimum atomic E-state index is -3.56. The van der Waals surface area contributed by atoms with E-state index in [1.807, 2.05) is 0 Å². The fourth-order valence-electron chi connectivity index (χ4n) is 3.58. The number of anilines is 1. The maximum absolute atomic E-state index is 12.7. The van der Waals surface area contributed by atoms with Crippen molar-refractivity contribution in [2.45, 2.75) is 42.5 Å². The monoisotopic (exact) mass is 408 g/mol. The second kappa shape index (κ2) is 7.51. The average molecular weight is 408 g/mol. The van der Waals surface area contributed by atoms with Gasteiger partial charge in [0, 0.05) is 19.8 Å². The van der Waals surface area contributed by atoms with Crippen LogP contribution in [0.3, 0.4) is 0 Å². The Morgan fingerprint density at radius 3 is 2.32 bits per heavy atom. The van der Waals surface area contributed by atoms with Crippen molar-refractivity contribution in [3.63, 3.8) is 0 Å². The molecule has 0 radical (unpaired) electrons. The Hall–Kier alpha value is -2.46. The van der Waals surface area contributed by atoms with E-state index in [-0.39, 0.29) is 17.3 Å². The number of hydrogen-bond acceptors (Lipinski definition) is 5. The van der Waals surface area contributed by atoms with Crippen LogP contribution >= 0.6 is 0 Å². The number of urea groups is 1. The fourth-order valence-corrected chi connectivity index (χ4v) is 4.48. The molecule has 1 saturated carbocycles. The van der Waals surface area contributed by atoms with E-state index < -0.39 is 27.5 Å². The van der Waals surface area contributed by atoms with Gasteiger partial charge >= 0.3 is 6.03 Å². The number of benzene rings is 1. The molecule has 1 heterocycles. The number of imide groups is 1. The summed E-state index contributed by atoms with van der Waals surface area (Å²) in [7, 11) is -0.691. The van der Waals surface area contributed by atoms with E-state index in [9.17, 15) is 22.8 Å². The smallest absolute Gasteiger partial charge is 0.325 e. The first kappa shape index (κ1) is 20.3. The summed E-state index contributed by atoms with van der Waals surface area (Å²) >= 11 is 0. The molecular formula is C18H24N4O5S. The number of carbonyl (C=O) groups is 3. The van der Waals surface area contributed by atoms with Crippen molar-refractivity contribution in [1.29, 1.82) is 0 Å². The highest BCUT2D eigenvalue weighted by molar-refractivity contribution is 7.89. The van der Waals surface area contributed by atoms with Crippen molar-refractivity contribution in [3.05, 3.63) is 24.3 Å². The SMILES string of the molecule is CN(C)S(=O)(=O)c1ccc(NC(=O)CN2C(=O)NC3(CCCCC3)C2=O)cc1. The summed E-state index contributed by atoms with van der Waals surface area (Å²) in [6.45, 7) is -0.385. The highest BCUT2D eigenvalue weighted by atomic mass is 32.2. The van der Waals surface area contributed by atoms with Crippen molar-refractivity contribution >= 4 is 33.6 Å². The molecule has 1 spiro atoms. The zero-order valence-electron chi connectivity index (χ0n) is 15.9. The summed E-state index contributed by atoms with van der Waals surface area (Å²) in [5.41, 5.74) is -0.486. The number of amides is 4. The van der Waals surface area contributed by atoms with Gasteiger partial charge in [-0.15, -0.1) is 0 Å². The molecule has 2 N–H and O–H groups in total. The molecule has 28 heavy (non-hydrogen) atoms. The van der Waals surface area contributed by atoms with E-state index in [2.05, 4.69) is 10.6 Å². The van der Waals surface area contributed by atoms with Crippen LogP contribution in [0.15, 0.2) is 29.2 Å². The number of rotatable bonds is 5. The normalized spacial score (nSPS) is 19.2. The highest BCUT2D eigenvalue weighted by Crippen LogP contribution is 2.33. The fraction of sp³-hybridized carbons (Fsp3) is 0.500. The molecule has 152 valence electrons. The van der Waals surface area contributed by atoms with Crippen LogP contribution in [0.5, 0.6) is 0 Å². The largest absolute Gasteiger partial charge is 0.325 e. The molecule has 3 rings (SSSR count). The zero-order valence-corrected chi connectivity index (χ0v) is 16.7. The van der Waals surface area contributed by atoms with E-state index >= 15 is 0 Å². The van der Waals surface area contributed by atoms with Crippen LogP contribution in [0, 0.1) is 0 Å². The van der Waals surface area contributed by atoms with Gasteiger partial charge in [0.15, 0.2) is 0 Å². The molecule has 10 heteroatoms. The standard InChI is InChI=1S/C18H24N4O5S/c1-21(2)28(26,27)14-8-6-13(7-9-14)19-15(23)12-22-16(24)18(20-17(22)25)10-4-3-5-11-18/h6-9H,3-5,10-12H2,1-2H3,(H,19,23)(H,20,25). The van der Waals surface area contributed by atoms with Crippen LogP contribution in [0.1, 0.15) is 32.1 Å². The minimum Gasteiger partial charge on any atom is -0.325 e. The molecule has 0 bridgehead atoms. The second-order valence-electron chi connectivity index (χ2n) is 7.32. The van der Waals surface area contributed by atoms with Gasteiger partial charge in [0.2, 0.25) is 15.9 Å². The first-order chi connectivity index (χ1) is 13.2. The number of hydrogen-bond donors (Lipinski definition) is 2. The topological polar surface area (TPSA) is 116 Å². The summed E-state index contributed by atoms with van der Waals surface area (Å²) in [6, 6.07) is 5.14. The lowest BCUT2D eigenvalue weighted by Crippen LogP contribution is -2.48. The van der Waals surface area contributed by atoms with Gasteiger partial charge in [-0.3, -0.25) is 14.5 Å². The Kier molecular flexibility index (Phi) is 5.44. The van der Waals surface area contributed by atoms with Gasteiger partial charge in [-0.2, -0.15) is 0 Å². The lowest BCUT2D eigenvalue weighted by molar-refractivity contribution is -0.134. The molecule has 1 aromatic carbocycles. The minimum absolute atomic E-state index is 0.101. The van der Waals surface area contributed by atoms with Crippen LogP contribution in [-0.4, -0.2) is 61.6 Å². The van der Waals surface area contributed by atoms with Gasteiger partial charge in [-0.05, 0) is 37.1 Å². The molecule has 2 fully saturated rings. The summed E-state index contributed by atoms with van der Waals surface area (Å²) in [5, 5.41) is 5.35. The zero-order chi connectivity index (χ0) is 20.5. The Labute approximate surface area is 164 Å². The maximum atomic E-state index is 12.7. The van der Waals surface area contributed by atoms with Crippen molar-refractivity contribution in [3.8, 4) is 0 Å². The highest BCUT2D eigenvalue weighted by Gasteiger charge is 2.51. The van der Waals surface area contributed by atoms with Crippen LogP contribution in [0.25, 0.3) is 0 Å². The predicted molar refractivity (Wildman–Crippen MR) is 102 cm³/mol. The summed E-state index contributed by atoms with van der Waals surface area (Å²) in [4.78, 5) is 38.3.